The first-order valence-electron chi connectivity index (χ1n) is 6.35. The minimum Gasteiger partial charge on any atom is -0.350 e. The van der Waals surface area contributed by atoms with Crippen LogP contribution in [0.25, 0.3) is 0 Å². The normalized spacial score (nSPS) is 11.7. The van der Waals surface area contributed by atoms with E-state index in [0.29, 0.717) is 5.56 Å². The van der Waals surface area contributed by atoms with Crippen LogP contribution in [-0.2, 0) is 6.42 Å². The second kappa shape index (κ2) is 6.84. The van der Waals surface area contributed by atoms with Crippen molar-refractivity contribution in [1.82, 2.24) is 5.32 Å². The molecule has 0 bridgehead atoms. The molecule has 1 amide bonds. The monoisotopic (exact) mass is 273 g/mol. The summed E-state index contributed by atoms with van der Waals surface area (Å²) in [6.07, 6.45) is 0.108. The van der Waals surface area contributed by atoms with Crippen LogP contribution in [0.1, 0.15) is 15.9 Å². The van der Waals surface area contributed by atoms with Crippen LogP contribution in [0.3, 0.4) is 0 Å². The highest BCUT2D eigenvalue weighted by Crippen LogP contribution is 2.08. The molecule has 0 unspecified atom stereocenters. The molecule has 0 fully saturated rings. The van der Waals surface area contributed by atoms with Crippen LogP contribution >= 0.6 is 0 Å². The first-order chi connectivity index (χ1) is 9.66. The number of carbonyl (C=O) groups excluding carboxylic acids is 1. The van der Waals surface area contributed by atoms with E-state index in [1.807, 2.05) is 6.07 Å². The molecular weight excluding hydrogens is 259 g/mol. The molecule has 1 N–H and O–H groups in total. The summed E-state index contributed by atoms with van der Waals surface area (Å²) in [6.45, 7) is 0. The zero-order chi connectivity index (χ0) is 14.4. The van der Waals surface area contributed by atoms with Crippen LogP contribution in [0.4, 0.5) is 8.63 Å². The summed E-state index contributed by atoms with van der Waals surface area (Å²) in [6, 6.07) is 17.3. The average molecular weight is 273 g/mol. The summed E-state index contributed by atoms with van der Waals surface area (Å²) < 4.78 is 26.1. The molecule has 2 aromatic rings. The van der Waals surface area contributed by atoms with Crippen LogP contribution in [0.5, 0.6) is 0 Å². The molecule has 102 valence electrons. The van der Waals surface area contributed by atoms with Gasteiger partial charge in [0.1, 0.15) is 0 Å². The molecule has 0 aliphatic heterocycles. The Kier molecular flexibility index (Phi) is 4.88. The van der Waals surface area contributed by atoms with Crippen molar-refractivity contribution in [1.29, 1.82) is 0 Å². The minimum absolute atomic E-state index is 0.108. The summed E-state index contributed by atoms with van der Waals surface area (Å²) in [5, 5.41) is 2.39. The standard InChI is InChI=1S/C15H14BF2NO/c17-16(18)14(11-12-7-3-1-4-8-12)19-15(20)13-9-5-2-6-10-13/h1-10,14H,11H2,(H,19,20)/t14-/m0/s1. The van der Waals surface area contributed by atoms with Gasteiger partial charge in [-0.15, -0.1) is 0 Å². The van der Waals surface area contributed by atoms with E-state index in [2.05, 4.69) is 5.32 Å². The van der Waals surface area contributed by atoms with Crippen molar-refractivity contribution in [2.45, 2.75) is 12.4 Å². The van der Waals surface area contributed by atoms with Gasteiger partial charge in [0.15, 0.2) is 0 Å². The number of hydrogen-bond donors (Lipinski definition) is 1. The fraction of sp³-hybridized carbons (Fsp3) is 0.133. The second-order valence-corrected chi connectivity index (χ2v) is 4.47. The molecule has 0 aromatic heterocycles. The second-order valence-electron chi connectivity index (χ2n) is 4.47. The fourth-order valence-corrected chi connectivity index (χ4v) is 1.91. The van der Waals surface area contributed by atoms with Crippen LogP contribution in [0.2, 0.25) is 0 Å². The van der Waals surface area contributed by atoms with Crippen molar-refractivity contribution >= 4 is 13.2 Å². The van der Waals surface area contributed by atoms with Gasteiger partial charge in [0.25, 0.3) is 5.91 Å². The van der Waals surface area contributed by atoms with Gasteiger partial charge in [0, 0.05) is 5.56 Å². The van der Waals surface area contributed by atoms with Crippen molar-refractivity contribution in [3.8, 4) is 0 Å². The molecule has 0 saturated carbocycles. The summed E-state index contributed by atoms with van der Waals surface area (Å²) in [4.78, 5) is 11.9. The third-order valence-electron chi connectivity index (χ3n) is 2.96. The molecule has 0 heterocycles. The van der Waals surface area contributed by atoms with Crippen molar-refractivity contribution in [3.05, 3.63) is 71.8 Å². The largest absolute Gasteiger partial charge is 0.560 e. The molecular formula is C15H14BF2NO. The quantitative estimate of drug-likeness (QED) is 0.833. The van der Waals surface area contributed by atoms with Crippen LogP contribution in [0.15, 0.2) is 60.7 Å². The van der Waals surface area contributed by atoms with E-state index >= 15 is 0 Å². The molecule has 0 aliphatic carbocycles. The fourth-order valence-electron chi connectivity index (χ4n) is 1.91. The zero-order valence-electron chi connectivity index (χ0n) is 10.8. The van der Waals surface area contributed by atoms with Gasteiger partial charge >= 0.3 is 7.27 Å². The highest BCUT2D eigenvalue weighted by molar-refractivity contribution is 6.45. The molecule has 0 radical (unpaired) electrons. The Morgan fingerprint density at radius 2 is 1.55 bits per heavy atom. The van der Waals surface area contributed by atoms with E-state index in [0.717, 1.165) is 5.56 Å². The summed E-state index contributed by atoms with van der Waals surface area (Å²) in [5.41, 5.74) is 1.15. The predicted molar refractivity (Wildman–Crippen MR) is 75.8 cm³/mol. The molecule has 2 aromatic carbocycles. The third-order valence-corrected chi connectivity index (χ3v) is 2.96. The van der Waals surface area contributed by atoms with E-state index in [4.69, 9.17) is 0 Å². The number of rotatable bonds is 5. The predicted octanol–water partition coefficient (Wildman–Crippen LogP) is 2.99. The maximum atomic E-state index is 13.0. The Hall–Kier alpha value is -2.17. The molecule has 0 saturated heterocycles. The van der Waals surface area contributed by atoms with Gasteiger partial charge in [-0.1, -0.05) is 48.5 Å². The average Bonchev–Trinajstić information content (AvgIpc) is 2.48. The van der Waals surface area contributed by atoms with E-state index < -0.39 is 19.1 Å². The smallest absolute Gasteiger partial charge is 0.350 e. The molecule has 2 nitrogen and oxygen atoms in total. The molecule has 5 heteroatoms. The van der Waals surface area contributed by atoms with Crippen molar-refractivity contribution < 1.29 is 13.4 Å². The molecule has 0 aliphatic rings. The van der Waals surface area contributed by atoms with Crippen molar-refractivity contribution in [3.63, 3.8) is 0 Å². The SMILES string of the molecule is O=C(N[C@@H](Cc1ccccc1)B(F)F)c1ccccc1. The minimum atomic E-state index is -2.61. The van der Waals surface area contributed by atoms with Gasteiger partial charge in [0.05, 0.1) is 5.94 Å². The maximum Gasteiger partial charge on any atom is 0.560 e. The number of nitrogens with one attached hydrogen (secondary N) is 1. The Balaban J connectivity index is 2.05. The van der Waals surface area contributed by atoms with Crippen LogP contribution < -0.4 is 5.32 Å². The molecule has 2 rings (SSSR count). The lowest BCUT2D eigenvalue weighted by Crippen LogP contribution is -2.43. The zero-order valence-corrected chi connectivity index (χ0v) is 10.8. The highest BCUT2D eigenvalue weighted by atomic mass is 19.2. The van der Waals surface area contributed by atoms with Crippen LogP contribution in [0, 0.1) is 0 Å². The Bertz CT molecular complexity index is 548. The number of benzene rings is 2. The molecule has 20 heavy (non-hydrogen) atoms. The van der Waals surface area contributed by atoms with Gasteiger partial charge in [-0.2, -0.15) is 0 Å². The van der Waals surface area contributed by atoms with E-state index in [-0.39, 0.29) is 6.42 Å². The lowest BCUT2D eigenvalue weighted by molar-refractivity contribution is 0.0945. The Morgan fingerprint density at radius 1 is 1.00 bits per heavy atom. The summed E-state index contributed by atoms with van der Waals surface area (Å²) >= 11 is 0. The van der Waals surface area contributed by atoms with Crippen LogP contribution in [-0.4, -0.2) is 19.1 Å². The van der Waals surface area contributed by atoms with E-state index in [9.17, 15) is 13.4 Å². The van der Waals surface area contributed by atoms with Gasteiger partial charge in [-0.05, 0) is 24.1 Å². The van der Waals surface area contributed by atoms with Gasteiger partial charge in [0.2, 0.25) is 0 Å². The lowest BCUT2D eigenvalue weighted by atomic mass is 9.81. The number of carbonyl (C=O) groups is 1. The topological polar surface area (TPSA) is 29.1 Å². The first-order valence-corrected chi connectivity index (χ1v) is 6.35. The summed E-state index contributed by atoms with van der Waals surface area (Å²) in [5.74, 6) is -1.67. The van der Waals surface area contributed by atoms with E-state index in [1.54, 1.807) is 54.6 Å². The Morgan fingerprint density at radius 3 is 2.10 bits per heavy atom. The summed E-state index contributed by atoms with van der Waals surface area (Å²) in [7, 11) is -2.61. The van der Waals surface area contributed by atoms with Crippen molar-refractivity contribution in [2.24, 2.45) is 0 Å². The third kappa shape index (κ3) is 3.92. The molecule has 1 atom stereocenters. The Labute approximate surface area is 117 Å². The van der Waals surface area contributed by atoms with Gasteiger partial charge in [-0.3, -0.25) is 13.4 Å². The lowest BCUT2D eigenvalue weighted by Gasteiger charge is -2.16. The number of amides is 1. The van der Waals surface area contributed by atoms with Gasteiger partial charge in [-0.25, -0.2) is 0 Å². The number of hydrogen-bond acceptors (Lipinski definition) is 1. The number of halogens is 2. The maximum absolute atomic E-state index is 13.0. The first kappa shape index (κ1) is 14.2. The van der Waals surface area contributed by atoms with Gasteiger partial charge < -0.3 is 5.32 Å². The van der Waals surface area contributed by atoms with E-state index in [1.165, 1.54) is 0 Å². The van der Waals surface area contributed by atoms with Crippen molar-refractivity contribution in [2.75, 3.05) is 0 Å². The molecule has 0 spiro atoms. The highest BCUT2D eigenvalue weighted by Gasteiger charge is 2.29.